The van der Waals surface area contributed by atoms with Gasteiger partial charge in [0.1, 0.15) is 11.6 Å². The first-order valence-electron chi connectivity index (χ1n) is 6.47. The van der Waals surface area contributed by atoms with Crippen LogP contribution in [0.4, 0.5) is 8.78 Å². The van der Waals surface area contributed by atoms with E-state index in [1.165, 1.54) is 25.0 Å². The first-order valence-corrected chi connectivity index (χ1v) is 7.80. The first kappa shape index (κ1) is 15.2. The Balaban J connectivity index is 1.98. The van der Waals surface area contributed by atoms with Crippen molar-refractivity contribution in [2.24, 2.45) is 5.41 Å². The van der Waals surface area contributed by atoms with Crippen LogP contribution >= 0.6 is 27.5 Å². The predicted molar refractivity (Wildman–Crippen MR) is 77.4 cm³/mol. The van der Waals surface area contributed by atoms with Crippen LogP contribution in [0.5, 0.6) is 0 Å². The molecule has 1 N–H and O–H groups in total. The quantitative estimate of drug-likeness (QED) is 0.602. The van der Waals surface area contributed by atoms with Crippen LogP contribution in [0, 0.1) is 17.0 Å². The molecule has 1 aliphatic carbocycles. The summed E-state index contributed by atoms with van der Waals surface area (Å²) in [7, 11) is 0. The molecule has 1 aliphatic rings. The van der Waals surface area contributed by atoms with Gasteiger partial charge < -0.3 is 5.32 Å². The molecule has 0 aromatic heterocycles. The van der Waals surface area contributed by atoms with E-state index in [0.717, 1.165) is 12.8 Å². The topological polar surface area (TPSA) is 12.0 Å². The van der Waals surface area contributed by atoms with E-state index in [4.69, 9.17) is 11.6 Å². The van der Waals surface area contributed by atoms with Crippen molar-refractivity contribution in [3.8, 4) is 0 Å². The second-order valence-electron chi connectivity index (χ2n) is 5.27. The number of alkyl halides is 1. The Morgan fingerprint density at radius 3 is 2.58 bits per heavy atom. The Labute approximate surface area is 125 Å². The van der Waals surface area contributed by atoms with E-state index >= 15 is 0 Å². The summed E-state index contributed by atoms with van der Waals surface area (Å²) >= 11 is 9.11. The predicted octanol–water partition coefficient (Wildman–Crippen LogP) is 4.62. The van der Waals surface area contributed by atoms with E-state index in [0.29, 0.717) is 16.9 Å². The molecule has 5 heteroatoms. The zero-order valence-electron chi connectivity index (χ0n) is 10.6. The molecule has 0 spiro atoms. The van der Waals surface area contributed by atoms with Gasteiger partial charge in [-0.15, -0.1) is 11.6 Å². The van der Waals surface area contributed by atoms with Crippen LogP contribution in [-0.4, -0.2) is 12.4 Å². The molecule has 2 rings (SSSR count). The monoisotopic (exact) mass is 351 g/mol. The van der Waals surface area contributed by atoms with Gasteiger partial charge in [0.15, 0.2) is 0 Å². The lowest BCUT2D eigenvalue weighted by Gasteiger charge is -2.26. The SMILES string of the molecule is Fc1ccc(Br)c(F)c1CNCC1(CCl)CCCC1. The highest BCUT2D eigenvalue weighted by Crippen LogP contribution is 2.38. The van der Waals surface area contributed by atoms with Gasteiger partial charge in [-0.1, -0.05) is 12.8 Å². The Morgan fingerprint density at radius 1 is 1.26 bits per heavy atom. The number of hydrogen-bond donors (Lipinski definition) is 1. The molecule has 106 valence electrons. The molecular formula is C14H17BrClF2N. The molecule has 19 heavy (non-hydrogen) atoms. The van der Waals surface area contributed by atoms with E-state index in [2.05, 4.69) is 21.2 Å². The smallest absolute Gasteiger partial charge is 0.144 e. The molecule has 0 radical (unpaired) electrons. The molecule has 0 heterocycles. The highest BCUT2D eigenvalue weighted by molar-refractivity contribution is 9.10. The van der Waals surface area contributed by atoms with Gasteiger partial charge in [-0.05, 0) is 46.3 Å². The number of rotatable bonds is 5. The highest BCUT2D eigenvalue weighted by atomic mass is 79.9. The van der Waals surface area contributed by atoms with Crippen molar-refractivity contribution in [1.29, 1.82) is 0 Å². The maximum absolute atomic E-state index is 13.8. The maximum Gasteiger partial charge on any atom is 0.144 e. The van der Waals surface area contributed by atoms with Gasteiger partial charge in [0.25, 0.3) is 0 Å². The maximum atomic E-state index is 13.8. The first-order chi connectivity index (χ1) is 9.08. The average molecular weight is 353 g/mol. The molecule has 0 unspecified atom stereocenters. The van der Waals surface area contributed by atoms with E-state index in [1.807, 2.05) is 0 Å². The summed E-state index contributed by atoms with van der Waals surface area (Å²) < 4.78 is 27.7. The minimum atomic E-state index is -0.529. The number of nitrogens with one attached hydrogen (secondary N) is 1. The molecule has 0 aliphatic heterocycles. The van der Waals surface area contributed by atoms with Crippen molar-refractivity contribution in [3.05, 3.63) is 33.8 Å². The van der Waals surface area contributed by atoms with Crippen molar-refractivity contribution in [2.45, 2.75) is 32.2 Å². The Hall–Kier alpha value is -0.190. The molecule has 1 aromatic rings. The molecule has 1 fully saturated rings. The third-order valence-corrected chi connectivity index (χ3v) is 5.07. The second-order valence-corrected chi connectivity index (χ2v) is 6.39. The fraction of sp³-hybridized carbons (Fsp3) is 0.571. The van der Waals surface area contributed by atoms with Crippen LogP contribution in [0.15, 0.2) is 16.6 Å². The molecule has 0 atom stereocenters. The zero-order chi connectivity index (χ0) is 13.9. The van der Waals surface area contributed by atoms with Gasteiger partial charge in [0.2, 0.25) is 0 Å². The van der Waals surface area contributed by atoms with Crippen molar-refractivity contribution < 1.29 is 8.78 Å². The summed E-state index contributed by atoms with van der Waals surface area (Å²) in [6, 6.07) is 2.66. The number of benzene rings is 1. The van der Waals surface area contributed by atoms with Crippen LogP contribution in [0.25, 0.3) is 0 Å². The largest absolute Gasteiger partial charge is 0.312 e. The average Bonchev–Trinajstić information content (AvgIpc) is 2.88. The minimum absolute atomic E-state index is 0.0806. The second kappa shape index (κ2) is 6.51. The van der Waals surface area contributed by atoms with Crippen LogP contribution in [0.1, 0.15) is 31.2 Å². The van der Waals surface area contributed by atoms with Crippen LogP contribution in [0.2, 0.25) is 0 Å². The lowest BCUT2D eigenvalue weighted by atomic mass is 9.88. The molecule has 0 bridgehead atoms. The Bertz CT molecular complexity index is 447. The van der Waals surface area contributed by atoms with E-state index in [1.54, 1.807) is 0 Å². The number of hydrogen-bond acceptors (Lipinski definition) is 1. The van der Waals surface area contributed by atoms with Crippen LogP contribution < -0.4 is 5.32 Å². The van der Waals surface area contributed by atoms with Gasteiger partial charge in [0.05, 0.1) is 4.47 Å². The normalized spacial score (nSPS) is 17.9. The third kappa shape index (κ3) is 3.47. The molecule has 0 saturated heterocycles. The summed E-state index contributed by atoms with van der Waals surface area (Å²) in [5.74, 6) is -0.443. The summed E-state index contributed by atoms with van der Waals surface area (Å²) in [4.78, 5) is 0. The summed E-state index contributed by atoms with van der Waals surface area (Å²) in [6.45, 7) is 0.900. The lowest BCUT2D eigenvalue weighted by Crippen LogP contribution is -2.33. The van der Waals surface area contributed by atoms with E-state index in [9.17, 15) is 8.78 Å². The van der Waals surface area contributed by atoms with Crippen LogP contribution in [0.3, 0.4) is 0 Å². The molecule has 1 saturated carbocycles. The van der Waals surface area contributed by atoms with Crippen molar-refractivity contribution in [3.63, 3.8) is 0 Å². The lowest BCUT2D eigenvalue weighted by molar-refractivity contribution is 0.318. The van der Waals surface area contributed by atoms with Crippen molar-refractivity contribution >= 4 is 27.5 Å². The zero-order valence-corrected chi connectivity index (χ0v) is 13.0. The molecule has 1 aromatic carbocycles. The van der Waals surface area contributed by atoms with Crippen molar-refractivity contribution in [1.82, 2.24) is 5.32 Å². The molecule has 0 amide bonds. The summed E-state index contributed by atoms with van der Waals surface area (Å²) in [5.41, 5.74) is 0.178. The van der Waals surface area contributed by atoms with E-state index < -0.39 is 11.6 Å². The minimum Gasteiger partial charge on any atom is -0.312 e. The molecule has 1 nitrogen and oxygen atoms in total. The fourth-order valence-electron chi connectivity index (χ4n) is 2.67. The highest BCUT2D eigenvalue weighted by Gasteiger charge is 2.32. The van der Waals surface area contributed by atoms with Gasteiger partial charge >= 0.3 is 0 Å². The molecular weight excluding hydrogens is 336 g/mol. The van der Waals surface area contributed by atoms with Crippen molar-refractivity contribution in [2.75, 3.05) is 12.4 Å². The Kier molecular flexibility index (Phi) is 5.21. The summed E-state index contributed by atoms with van der Waals surface area (Å²) in [5, 5.41) is 3.16. The van der Waals surface area contributed by atoms with Gasteiger partial charge in [-0.2, -0.15) is 0 Å². The van der Waals surface area contributed by atoms with Gasteiger partial charge in [-0.3, -0.25) is 0 Å². The van der Waals surface area contributed by atoms with Crippen LogP contribution in [-0.2, 0) is 6.54 Å². The van der Waals surface area contributed by atoms with Gasteiger partial charge in [-0.25, -0.2) is 8.78 Å². The van der Waals surface area contributed by atoms with E-state index in [-0.39, 0.29) is 17.5 Å². The number of halogens is 4. The summed E-state index contributed by atoms with van der Waals surface area (Å²) in [6.07, 6.45) is 4.56. The fourth-order valence-corrected chi connectivity index (χ4v) is 3.40. The van der Waals surface area contributed by atoms with Gasteiger partial charge in [0, 0.05) is 24.5 Å². The third-order valence-electron chi connectivity index (χ3n) is 3.89. The standard InChI is InChI=1S/C14H17BrClF2N/c15-11-3-4-12(17)10(13(11)18)7-19-9-14(8-16)5-1-2-6-14/h3-4,19H,1-2,5-9H2. The Morgan fingerprint density at radius 2 is 1.95 bits per heavy atom.